The molecule has 29 heavy (non-hydrogen) atoms. The van der Waals surface area contributed by atoms with Gasteiger partial charge in [0.25, 0.3) is 5.91 Å². The zero-order valence-electron chi connectivity index (χ0n) is 16.1. The Morgan fingerprint density at radius 2 is 2.00 bits per heavy atom. The van der Waals surface area contributed by atoms with Gasteiger partial charge in [-0.3, -0.25) is 9.59 Å². The summed E-state index contributed by atoms with van der Waals surface area (Å²) in [5.74, 6) is 0.312. The van der Waals surface area contributed by atoms with Crippen LogP contribution in [0, 0.1) is 0 Å². The van der Waals surface area contributed by atoms with Crippen LogP contribution in [0.5, 0.6) is 0 Å². The first-order chi connectivity index (χ1) is 14.0. The molecule has 4 rings (SSSR count). The number of halogens is 1. The predicted molar refractivity (Wildman–Crippen MR) is 117 cm³/mol. The summed E-state index contributed by atoms with van der Waals surface area (Å²) in [6.07, 6.45) is 3.31. The fourth-order valence-corrected chi connectivity index (χ4v) is 5.45. The zero-order chi connectivity index (χ0) is 20.4. The number of piperidine rings is 1. The SMILES string of the molecule is CC(=O)N1CCC(c2cc(CCc3ccc(Cl)s3)n(C(=O)c3ccsc3)n2)CC1. The summed E-state index contributed by atoms with van der Waals surface area (Å²) in [6.45, 7) is 3.10. The van der Waals surface area contributed by atoms with Gasteiger partial charge in [0.1, 0.15) is 0 Å². The highest BCUT2D eigenvalue weighted by Gasteiger charge is 2.26. The standard InChI is InChI=1S/C21H22ClN3O2S2/c1-14(26)24-9-6-15(7-10-24)19-12-17(2-3-18-4-5-20(22)29-18)25(23-19)21(27)16-8-11-28-13-16/h4-5,8,11-13,15H,2-3,6-7,9-10H2,1H3. The van der Waals surface area contributed by atoms with E-state index in [1.807, 2.05) is 33.9 Å². The number of nitrogens with zero attached hydrogens (tertiary/aromatic N) is 3. The van der Waals surface area contributed by atoms with Crippen molar-refractivity contribution in [3.05, 3.63) is 61.2 Å². The molecule has 3 aromatic heterocycles. The summed E-state index contributed by atoms with van der Waals surface area (Å²) >= 11 is 9.13. The van der Waals surface area contributed by atoms with Crippen LogP contribution in [0.2, 0.25) is 4.34 Å². The monoisotopic (exact) mass is 447 g/mol. The predicted octanol–water partition coefficient (Wildman–Crippen LogP) is 4.86. The molecule has 152 valence electrons. The molecule has 0 saturated carbocycles. The maximum atomic E-state index is 13.0. The Morgan fingerprint density at radius 1 is 1.21 bits per heavy atom. The zero-order valence-corrected chi connectivity index (χ0v) is 18.5. The number of thiophene rings is 2. The molecule has 0 radical (unpaired) electrons. The molecule has 0 atom stereocenters. The molecule has 0 N–H and O–H groups in total. The van der Waals surface area contributed by atoms with Gasteiger partial charge in [-0.2, -0.15) is 16.4 Å². The molecule has 1 aliphatic rings. The van der Waals surface area contributed by atoms with Crippen molar-refractivity contribution in [3.63, 3.8) is 0 Å². The average Bonchev–Trinajstić information content (AvgIpc) is 3.47. The lowest BCUT2D eigenvalue weighted by molar-refractivity contribution is -0.129. The van der Waals surface area contributed by atoms with Gasteiger partial charge in [-0.25, -0.2) is 4.68 Å². The molecule has 8 heteroatoms. The Bertz CT molecular complexity index is 1000. The third-order valence-corrected chi connectivity index (χ3v) is 7.35. The van der Waals surface area contributed by atoms with E-state index in [-0.39, 0.29) is 17.7 Å². The molecule has 1 aliphatic heterocycles. The van der Waals surface area contributed by atoms with Crippen LogP contribution in [0.4, 0.5) is 0 Å². The Balaban J connectivity index is 1.56. The lowest BCUT2D eigenvalue weighted by Crippen LogP contribution is -2.36. The molecule has 5 nitrogen and oxygen atoms in total. The van der Waals surface area contributed by atoms with Crippen molar-refractivity contribution in [3.8, 4) is 0 Å². The van der Waals surface area contributed by atoms with E-state index in [2.05, 4.69) is 6.07 Å². The number of amides is 1. The molecule has 1 amide bonds. The fourth-order valence-electron chi connectivity index (χ4n) is 3.73. The quantitative estimate of drug-likeness (QED) is 0.561. The molecule has 4 heterocycles. The van der Waals surface area contributed by atoms with E-state index in [0.29, 0.717) is 5.56 Å². The van der Waals surface area contributed by atoms with Crippen molar-refractivity contribution in [1.82, 2.24) is 14.7 Å². The summed E-state index contributed by atoms with van der Waals surface area (Å²) in [7, 11) is 0. The molecule has 1 saturated heterocycles. The van der Waals surface area contributed by atoms with Crippen LogP contribution < -0.4 is 0 Å². The molecule has 3 aromatic rings. The Kier molecular flexibility index (Phi) is 6.18. The number of hydrogen-bond donors (Lipinski definition) is 0. The van der Waals surface area contributed by atoms with Crippen LogP contribution in [0.25, 0.3) is 0 Å². The van der Waals surface area contributed by atoms with Crippen LogP contribution in [0.3, 0.4) is 0 Å². The first-order valence-corrected chi connectivity index (χ1v) is 11.8. The van der Waals surface area contributed by atoms with Crippen molar-refractivity contribution in [1.29, 1.82) is 0 Å². The topological polar surface area (TPSA) is 55.2 Å². The number of carbonyl (C=O) groups excluding carboxylic acids is 2. The third kappa shape index (κ3) is 4.63. The minimum absolute atomic E-state index is 0.0853. The fraction of sp³-hybridized carbons (Fsp3) is 0.381. The molecule has 1 fully saturated rings. The molecular formula is C21H22ClN3O2S2. The molecule has 0 spiro atoms. The Hall–Kier alpha value is -1.96. The van der Waals surface area contributed by atoms with Gasteiger partial charge in [0.05, 0.1) is 15.6 Å². The van der Waals surface area contributed by atoms with E-state index in [9.17, 15) is 9.59 Å². The number of carbonyl (C=O) groups is 2. The molecule has 0 aliphatic carbocycles. The Morgan fingerprint density at radius 3 is 2.62 bits per heavy atom. The highest BCUT2D eigenvalue weighted by molar-refractivity contribution is 7.16. The molecule has 0 aromatic carbocycles. The summed E-state index contributed by atoms with van der Waals surface area (Å²) in [5, 5.41) is 8.49. The van der Waals surface area contributed by atoms with Crippen LogP contribution in [0.1, 0.15) is 52.3 Å². The number of likely N-dealkylation sites (tertiary alicyclic amines) is 1. The van der Waals surface area contributed by atoms with Gasteiger partial charge in [-0.15, -0.1) is 11.3 Å². The van der Waals surface area contributed by atoms with Gasteiger partial charge in [0.2, 0.25) is 5.91 Å². The number of aromatic nitrogens is 2. The van der Waals surface area contributed by atoms with Gasteiger partial charge < -0.3 is 4.90 Å². The van der Waals surface area contributed by atoms with Crippen LogP contribution in [0.15, 0.2) is 35.0 Å². The van der Waals surface area contributed by atoms with E-state index < -0.39 is 0 Å². The van der Waals surface area contributed by atoms with Crippen molar-refractivity contribution < 1.29 is 9.59 Å². The van der Waals surface area contributed by atoms with Crippen molar-refractivity contribution in [2.75, 3.05) is 13.1 Å². The van der Waals surface area contributed by atoms with Crippen molar-refractivity contribution in [2.24, 2.45) is 0 Å². The summed E-state index contributed by atoms with van der Waals surface area (Å²) in [5.41, 5.74) is 2.54. The third-order valence-electron chi connectivity index (χ3n) is 5.38. The highest BCUT2D eigenvalue weighted by Crippen LogP contribution is 2.29. The van der Waals surface area contributed by atoms with Crippen molar-refractivity contribution >= 4 is 46.1 Å². The average molecular weight is 448 g/mol. The maximum Gasteiger partial charge on any atom is 0.279 e. The summed E-state index contributed by atoms with van der Waals surface area (Å²) in [6, 6.07) is 7.85. The first kappa shape index (κ1) is 20.3. The minimum Gasteiger partial charge on any atom is -0.343 e. The summed E-state index contributed by atoms with van der Waals surface area (Å²) < 4.78 is 2.35. The normalized spacial score (nSPS) is 15.0. The van der Waals surface area contributed by atoms with Gasteiger partial charge in [-0.05, 0) is 55.3 Å². The lowest BCUT2D eigenvalue weighted by Gasteiger charge is -2.30. The van der Waals surface area contributed by atoms with E-state index in [4.69, 9.17) is 16.7 Å². The van der Waals surface area contributed by atoms with E-state index in [0.717, 1.165) is 54.5 Å². The van der Waals surface area contributed by atoms with Gasteiger partial charge in [0, 0.05) is 41.9 Å². The first-order valence-electron chi connectivity index (χ1n) is 9.66. The largest absolute Gasteiger partial charge is 0.343 e. The number of aryl methyl sites for hydroxylation is 2. The van der Waals surface area contributed by atoms with Crippen LogP contribution in [-0.2, 0) is 17.6 Å². The van der Waals surface area contributed by atoms with E-state index >= 15 is 0 Å². The molecule has 0 bridgehead atoms. The van der Waals surface area contributed by atoms with E-state index in [1.54, 1.807) is 22.9 Å². The number of rotatable bonds is 5. The van der Waals surface area contributed by atoms with Gasteiger partial charge in [-0.1, -0.05) is 11.6 Å². The lowest BCUT2D eigenvalue weighted by atomic mass is 9.93. The minimum atomic E-state index is -0.0853. The van der Waals surface area contributed by atoms with Gasteiger partial charge in [0.15, 0.2) is 0 Å². The van der Waals surface area contributed by atoms with Crippen molar-refractivity contribution in [2.45, 2.75) is 38.5 Å². The Labute approximate surface area is 182 Å². The van der Waals surface area contributed by atoms with Crippen LogP contribution in [-0.4, -0.2) is 39.6 Å². The second-order valence-electron chi connectivity index (χ2n) is 7.28. The molecular weight excluding hydrogens is 426 g/mol. The smallest absolute Gasteiger partial charge is 0.279 e. The second kappa shape index (κ2) is 8.81. The van der Waals surface area contributed by atoms with E-state index in [1.165, 1.54) is 16.2 Å². The highest BCUT2D eigenvalue weighted by atomic mass is 35.5. The maximum absolute atomic E-state index is 13.0. The summed E-state index contributed by atoms with van der Waals surface area (Å²) in [4.78, 5) is 27.7. The van der Waals surface area contributed by atoms with Gasteiger partial charge >= 0.3 is 0 Å². The second-order valence-corrected chi connectivity index (χ2v) is 9.86. The number of hydrogen-bond acceptors (Lipinski definition) is 5. The molecule has 0 unspecified atom stereocenters. The van der Waals surface area contributed by atoms with Crippen LogP contribution >= 0.6 is 34.3 Å².